The molecule has 0 heterocycles. The Morgan fingerprint density at radius 3 is 1.77 bits per heavy atom. The predicted octanol–water partition coefficient (Wildman–Crippen LogP) is 7.31. The molecule has 0 bridgehead atoms. The Morgan fingerprint density at radius 2 is 1.19 bits per heavy atom. The van der Waals surface area contributed by atoms with Gasteiger partial charge in [-0.3, -0.25) is 4.79 Å². The molecule has 5 aromatic carbocycles. The van der Waals surface area contributed by atoms with Crippen LogP contribution in [-0.2, 0) is 39.3 Å². The van der Waals surface area contributed by atoms with Crippen molar-refractivity contribution in [2.75, 3.05) is 18.5 Å². The average molecular weight is 743 g/mol. The zero-order chi connectivity index (χ0) is 37.6. The monoisotopic (exact) mass is 742 g/mol. The molecule has 0 saturated heterocycles. The maximum atomic E-state index is 14.5. The topological polar surface area (TPSA) is 93.2 Å². The zero-order valence-electron chi connectivity index (χ0n) is 27.2. The second-order valence-electron chi connectivity index (χ2n) is 11.3. The third-order valence-electron chi connectivity index (χ3n) is 7.70. The Kier molecular flexibility index (Phi) is 11.7. The van der Waals surface area contributed by atoms with Gasteiger partial charge in [0.1, 0.15) is 30.3 Å². The highest BCUT2D eigenvalue weighted by molar-refractivity contribution is 7.89. The number of anilines is 1. The highest BCUT2D eigenvalue weighted by Crippen LogP contribution is 2.31. The minimum atomic E-state index is -5.49. The number of esters is 1. The van der Waals surface area contributed by atoms with E-state index in [4.69, 9.17) is 9.47 Å². The number of sulfonamides is 1. The number of carbonyl (C=O) groups excluding carboxylic acids is 2. The van der Waals surface area contributed by atoms with Crippen molar-refractivity contribution in [3.63, 3.8) is 0 Å². The minimum absolute atomic E-state index is 0.0269. The van der Waals surface area contributed by atoms with Crippen LogP contribution in [0.2, 0.25) is 0 Å². The van der Waals surface area contributed by atoms with Crippen molar-refractivity contribution >= 4 is 27.6 Å². The van der Waals surface area contributed by atoms with E-state index in [1.165, 1.54) is 30.3 Å². The van der Waals surface area contributed by atoms with Crippen molar-refractivity contribution in [1.82, 2.24) is 4.31 Å². The van der Waals surface area contributed by atoms with Crippen molar-refractivity contribution in [3.8, 4) is 5.75 Å². The molecule has 0 aliphatic rings. The Bertz CT molecular complexity index is 2160. The summed E-state index contributed by atoms with van der Waals surface area (Å²) in [5.41, 5.74) is 1.77. The quantitative estimate of drug-likeness (QED) is 0.0544. The van der Waals surface area contributed by atoms with Gasteiger partial charge in [0.2, 0.25) is 21.7 Å². The number of halogens is 6. The molecule has 1 amide bonds. The molecule has 0 radical (unpaired) electrons. The lowest BCUT2D eigenvalue weighted by Gasteiger charge is -2.27. The molecule has 0 aliphatic heterocycles. The molecule has 5 aromatic rings. The van der Waals surface area contributed by atoms with Gasteiger partial charge in [0.25, 0.3) is 0 Å². The van der Waals surface area contributed by atoms with Gasteiger partial charge in [-0.05, 0) is 41.0 Å². The Hall–Kier alpha value is -5.67. The summed E-state index contributed by atoms with van der Waals surface area (Å²) < 4.78 is 122. The summed E-state index contributed by atoms with van der Waals surface area (Å²) in [5.74, 6) is -15.2. The van der Waals surface area contributed by atoms with E-state index < -0.39 is 68.2 Å². The predicted molar refractivity (Wildman–Crippen MR) is 176 cm³/mol. The van der Waals surface area contributed by atoms with E-state index in [2.05, 4.69) is 0 Å². The molecule has 8 nitrogen and oxygen atoms in total. The molecular weight excluding hydrogens is 714 g/mol. The summed E-state index contributed by atoms with van der Waals surface area (Å²) in [5, 5.41) is 0. The van der Waals surface area contributed by atoms with Crippen molar-refractivity contribution in [1.29, 1.82) is 0 Å². The number of hydrogen-bond acceptors (Lipinski definition) is 6. The normalized spacial score (nSPS) is 11.4. The summed E-state index contributed by atoms with van der Waals surface area (Å²) in [6, 6.07) is 26.5. The number of benzene rings is 5. The van der Waals surface area contributed by atoms with Crippen LogP contribution in [0, 0.1) is 34.9 Å². The maximum Gasteiger partial charge on any atom is 0.342 e. The first kappa shape index (κ1) is 37.6. The van der Waals surface area contributed by atoms with E-state index in [0.29, 0.717) is 18.2 Å². The smallest absolute Gasteiger partial charge is 0.342 e. The molecular formula is C37H28F6N2O6S. The van der Waals surface area contributed by atoms with E-state index in [1.807, 2.05) is 0 Å². The first-order chi connectivity index (χ1) is 24.8. The third kappa shape index (κ3) is 8.44. The van der Waals surface area contributed by atoms with Crippen LogP contribution in [0.4, 0.5) is 32.0 Å². The molecule has 0 fully saturated rings. The lowest BCUT2D eigenvalue weighted by atomic mass is 10.1. The Balaban J connectivity index is 1.51. The molecule has 0 atom stereocenters. The van der Waals surface area contributed by atoms with Gasteiger partial charge < -0.3 is 14.4 Å². The Labute approximate surface area is 294 Å². The largest absolute Gasteiger partial charge is 0.488 e. The fourth-order valence-corrected chi connectivity index (χ4v) is 6.15. The standard InChI is InChI=1S/C37H28F6N2O6S/c1-44(52(48,49)36-34(42)32(40)31(39)33(41)35(36)43)20-30(46)45(19-23-12-14-26(38)15-13-23)27-16-17-28(37(47)51-22-25-10-6-3-7-11-25)29(18-27)50-21-24-8-4-2-5-9-24/h2-18H,19-22H2,1H3. The van der Waals surface area contributed by atoms with E-state index in [0.717, 1.165) is 22.6 Å². The summed E-state index contributed by atoms with van der Waals surface area (Å²) in [6.07, 6.45) is 0. The lowest BCUT2D eigenvalue weighted by Crippen LogP contribution is -2.41. The average Bonchev–Trinajstić information content (AvgIpc) is 3.14. The van der Waals surface area contributed by atoms with Gasteiger partial charge in [0.15, 0.2) is 28.2 Å². The SMILES string of the molecule is CN(CC(=O)N(Cc1ccc(F)cc1)c1ccc(C(=O)OCc2ccccc2)c(OCc2ccccc2)c1)S(=O)(=O)c1c(F)c(F)c(F)c(F)c1F. The van der Waals surface area contributed by atoms with Crippen molar-refractivity contribution in [2.45, 2.75) is 24.7 Å². The highest BCUT2D eigenvalue weighted by Gasteiger charge is 2.37. The molecule has 0 aliphatic carbocycles. The number of carbonyl (C=O) groups is 2. The van der Waals surface area contributed by atoms with Gasteiger partial charge >= 0.3 is 5.97 Å². The maximum absolute atomic E-state index is 14.5. The Morgan fingerprint density at radius 1 is 0.654 bits per heavy atom. The second kappa shape index (κ2) is 16.1. The molecule has 5 rings (SSSR count). The van der Waals surface area contributed by atoms with Crippen LogP contribution in [0.5, 0.6) is 5.75 Å². The first-order valence-electron chi connectivity index (χ1n) is 15.3. The van der Waals surface area contributed by atoms with Crippen LogP contribution in [0.3, 0.4) is 0 Å². The first-order valence-corrected chi connectivity index (χ1v) is 16.8. The van der Waals surface area contributed by atoms with E-state index in [1.54, 1.807) is 60.7 Å². The van der Waals surface area contributed by atoms with Gasteiger partial charge in [-0.25, -0.2) is 39.6 Å². The summed E-state index contributed by atoms with van der Waals surface area (Å²) >= 11 is 0. The van der Waals surface area contributed by atoms with Crippen LogP contribution < -0.4 is 9.64 Å². The number of ether oxygens (including phenoxy) is 2. The van der Waals surface area contributed by atoms with Gasteiger partial charge in [-0.1, -0.05) is 72.8 Å². The molecule has 0 N–H and O–H groups in total. The number of hydrogen-bond donors (Lipinski definition) is 0. The molecule has 0 saturated carbocycles. The van der Waals surface area contributed by atoms with Crippen molar-refractivity contribution in [3.05, 3.63) is 160 Å². The van der Waals surface area contributed by atoms with Gasteiger partial charge in [0.05, 0.1) is 13.1 Å². The third-order valence-corrected chi connectivity index (χ3v) is 9.52. The second-order valence-corrected chi connectivity index (χ2v) is 13.3. The summed E-state index contributed by atoms with van der Waals surface area (Å²) in [7, 11) is -4.78. The van der Waals surface area contributed by atoms with Gasteiger partial charge in [0, 0.05) is 18.8 Å². The highest BCUT2D eigenvalue weighted by atomic mass is 32.2. The van der Waals surface area contributed by atoms with Crippen molar-refractivity contribution < 1.29 is 53.8 Å². The molecule has 52 heavy (non-hydrogen) atoms. The van der Waals surface area contributed by atoms with E-state index in [9.17, 15) is 44.3 Å². The zero-order valence-corrected chi connectivity index (χ0v) is 28.0. The summed E-state index contributed by atoms with van der Waals surface area (Å²) in [4.78, 5) is 26.0. The molecule has 15 heteroatoms. The number of amides is 1. The number of likely N-dealkylation sites (N-methyl/N-ethyl adjacent to an activating group) is 1. The number of rotatable bonds is 13. The van der Waals surface area contributed by atoms with Gasteiger partial charge in [-0.15, -0.1) is 0 Å². The minimum Gasteiger partial charge on any atom is -0.488 e. The molecule has 270 valence electrons. The van der Waals surface area contributed by atoms with Gasteiger partial charge in [-0.2, -0.15) is 4.31 Å². The fraction of sp³-hybridized carbons (Fsp3) is 0.135. The van der Waals surface area contributed by atoms with E-state index in [-0.39, 0.29) is 41.1 Å². The molecule has 0 unspecified atom stereocenters. The van der Waals surface area contributed by atoms with Crippen molar-refractivity contribution in [2.24, 2.45) is 0 Å². The van der Waals surface area contributed by atoms with E-state index >= 15 is 0 Å². The molecule has 0 spiro atoms. The molecule has 0 aromatic heterocycles. The number of nitrogens with zero attached hydrogens (tertiary/aromatic N) is 2. The van der Waals surface area contributed by atoms with Crippen LogP contribution in [0.1, 0.15) is 27.0 Å². The van der Waals surface area contributed by atoms with Crippen LogP contribution in [-0.4, -0.2) is 38.2 Å². The summed E-state index contributed by atoms with van der Waals surface area (Å²) in [6.45, 7) is -1.59. The van der Waals surface area contributed by atoms with Crippen LogP contribution >= 0.6 is 0 Å². The van der Waals surface area contributed by atoms with Crippen LogP contribution in [0.25, 0.3) is 0 Å². The fourth-order valence-electron chi connectivity index (χ4n) is 4.93. The lowest BCUT2D eigenvalue weighted by molar-refractivity contribution is -0.118. The van der Waals surface area contributed by atoms with Crippen LogP contribution in [0.15, 0.2) is 108 Å².